The minimum absolute atomic E-state index is 0.0885. The van der Waals surface area contributed by atoms with Crippen LogP contribution >= 0.6 is 23.1 Å². The first-order valence-electron chi connectivity index (χ1n) is 6.21. The molecule has 2 rings (SSSR count). The Bertz CT molecular complexity index is 450. The van der Waals surface area contributed by atoms with Crippen LogP contribution in [0.2, 0.25) is 0 Å². The molecule has 0 spiro atoms. The van der Waals surface area contributed by atoms with Crippen molar-refractivity contribution in [3.63, 3.8) is 0 Å². The SMILES string of the molecule is CCC1NC(c2ccsc2)N(CCSC(F)(F)F)C1=O. The van der Waals surface area contributed by atoms with Crippen LogP contribution in [0, 0.1) is 0 Å². The van der Waals surface area contributed by atoms with Crippen molar-refractivity contribution in [3.05, 3.63) is 22.4 Å². The summed E-state index contributed by atoms with van der Waals surface area (Å²) in [6.45, 7) is 1.97. The van der Waals surface area contributed by atoms with E-state index in [4.69, 9.17) is 0 Å². The second-order valence-corrected chi connectivity index (χ2v) is 6.35. The number of nitrogens with zero attached hydrogens (tertiary/aromatic N) is 1. The van der Waals surface area contributed by atoms with Crippen molar-refractivity contribution in [1.82, 2.24) is 10.2 Å². The fourth-order valence-electron chi connectivity index (χ4n) is 2.18. The van der Waals surface area contributed by atoms with Crippen molar-refractivity contribution in [3.8, 4) is 0 Å². The molecule has 2 atom stereocenters. The Morgan fingerprint density at radius 2 is 2.25 bits per heavy atom. The first kappa shape index (κ1) is 15.7. The van der Waals surface area contributed by atoms with Gasteiger partial charge in [-0.25, -0.2) is 0 Å². The van der Waals surface area contributed by atoms with Gasteiger partial charge in [-0.1, -0.05) is 6.92 Å². The molecule has 1 amide bonds. The molecule has 1 saturated heterocycles. The Hall–Kier alpha value is -0.730. The summed E-state index contributed by atoms with van der Waals surface area (Å²) < 4.78 is 36.6. The largest absolute Gasteiger partial charge is 0.441 e. The van der Waals surface area contributed by atoms with Crippen LogP contribution in [0.4, 0.5) is 13.2 Å². The van der Waals surface area contributed by atoms with Crippen LogP contribution < -0.4 is 5.32 Å². The maximum absolute atomic E-state index is 12.2. The van der Waals surface area contributed by atoms with Gasteiger partial charge in [-0.15, -0.1) is 0 Å². The Balaban J connectivity index is 2.04. The minimum atomic E-state index is -4.25. The first-order valence-corrected chi connectivity index (χ1v) is 8.14. The number of carbonyl (C=O) groups is 1. The quantitative estimate of drug-likeness (QED) is 0.903. The predicted octanol–water partition coefficient (Wildman–Crippen LogP) is 3.21. The molecule has 2 unspecified atom stereocenters. The molecule has 112 valence electrons. The molecule has 1 aliphatic rings. The third-order valence-corrected chi connectivity index (χ3v) is 4.53. The number of alkyl halides is 3. The summed E-state index contributed by atoms with van der Waals surface area (Å²) in [5.74, 6) is -0.264. The average molecular weight is 324 g/mol. The molecule has 1 aromatic heterocycles. The lowest BCUT2D eigenvalue weighted by Gasteiger charge is -2.23. The smallest absolute Gasteiger partial charge is 0.321 e. The summed E-state index contributed by atoms with van der Waals surface area (Å²) >= 11 is 1.41. The van der Waals surface area contributed by atoms with Gasteiger partial charge in [0.15, 0.2) is 0 Å². The van der Waals surface area contributed by atoms with E-state index in [1.54, 1.807) is 0 Å². The summed E-state index contributed by atoms with van der Waals surface area (Å²) in [4.78, 5) is 13.7. The van der Waals surface area contributed by atoms with Gasteiger partial charge in [0.05, 0.1) is 6.04 Å². The van der Waals surface area contributed by atoms with Crippen molar-refractivity contribution < 1.29 is 18.0 Å². The van der Waals surface area contributed by atoms with Crippen molar-refractivity contribution in [2.45, 2.75) is 31.1 Å². The van der Waals surface area contributed by atoms with E-state index < -0.39 is 5.51 Å². The zero-order valence-electron chi connectivity index (χ0n) is 10.8. The fourth-order valence-corrected chi connectivity index (χ4v) is 3.38. The molecule has 3 nitrogen and oxygen atoms in total. The second-order valence-electron chi connectivity index (χ2n) is 4.41. The molecule has 0 aliphatic carbocycles. The molecule has 0 saturated carbocycles. The van der Waals surface area contributed by atoms with E-state index in [0.29, 0.717) is 6.42 Å². The molecule has 0 radical (unpaired) electrons. The number of nitrogens with one attached hydrogen (secondary N) is 1. The molecule has 8 heteroatoms. The lowest BCUT2D eigenvalue weighted by atomic mass is 10.2. The molecule has 1 N–H and O–H groups in total. The highest BCUT2D eigenvalue weighted by atomic mass is 32.2. The highest BCUT2D eigenvalue weighted by Gasteiger charge is 2.39. The molecular formula is C12H15F3N2OS2. The van der Waals surface area contributed by atoms with Crippen molar-refractivity contribution in [2.75, 3.05) is 12.3 Å². The number of hydrogen-bond donors (Lipinski definition) is 1. The number of hydrogen-bond acceptors (Lipinski definition) is 4. The van der Waals surface area contributed by atoms with Gasteiger partial charge in [-0.05, 0) is 40.6 Å². The maximum Gasteiger partial charge on any atom is 0.441 e. The van der Waals surface area contributed by atoms with Gasteiger partial charge in [0.1, 0.15) is 6.17 Å². The monoisotopic (exact) mass is 324 g/mol. The fraction of sp³-hybridized carbons (Fsp3) is 0.583. The van der Waals surface area contributed by atoms with Gasteiger partial charge in [-0.2, -0.15) is 24.5 Å². The summed E-state index contributed by atoms with van der Waals surface area (Å²) in [6.07, 6.45) is 0.315. The standard InChI is InChI=1S/C12H15F3N2OS2/c1-2-9-11(18)17(4-6-20-12(13,14)15)10(16-9)8-3-5-19-7-8/h3,5,7,9-10,16H,2,4,6H2,1H3. The Kier molecular flexibility index (Phi) is 4.98. The van der Waals surface area contributed by atoms with E-state index in [1.807, 2.05) is 23.8 Å². The number of thioether (sulfide) groups is 1. The third kappa shape index (κ3) is 3.67. The molecule has 20 heavy (non-hydrogen) atoms. The molecule has 1 fully saturated rings. The number of thiophene rings is 1. The van der Waals surface area contributed by atoms with Crippen LogP contribution in [0.25, 0.3) is 0 Å². The van der Waals surface area contributed by atoms with Gasteiger partial charge in [0, 0.05) is 12.3 Å². The highest BCUT2D eigenvalue weighted by Crippen LogP contribution is 2.32. The minimum Gasteiger partial charge on any atom is -0.321 e. The van der Waals surface area contributed by atoms with E-state index in [9.17, 15) is 18.0 Å². The Morgan fingerprint density at radius 1 is 1.50 bits per heavy atom. The molecule has 1 aliphatic heterocycles. The molecule has 2 heterocycles. The van der Waals surface area contributed by atoms with E-state index in [0.717, 1.165) is 5.56 Å². The second kappa shape index (κ2) is 6.36. The lowest BCUT2D eigenvalue weighted by molar-refractivity contribution is -0.129. The van der Waals surface area contributed by atoms with E-state index in [-0.39, 0.29) is 42.2 Å². The van der Waals surface area contributed by atoms with E-state index in [1.165, 1.54) is 16.2 Å². The molecular weight excluding hydrogens is 309 g/mol. The summed E-state index contributed by atoms with van der Waals surface area (Å²) in [7, 11) is 0. The van der Waals surface area contributed by atoms with Crippen molar-refractivity contribution in [1.29, 1.82) is 0 Å². The maximum atomic E-state index is 12.2. The van der Waals surface area contributed by atoms with Gasteiger partial charge >= 0.3 is 5.51 Å². The van der Waals surface area contributed by atoms with Gasteiger partial charge in [0.25, 0.3) is 0 Å². The van der Waals surface area contributed by atoms with Crippen LogP contribution in [0.1, 0.15) is 25.1 Å². The first-order chi connectivity index (χ1) is 9.42. The number of carbonyl (C=O) groups excluding carboxylic acids is 1. The van der Waals surface area contributed by atoms with Crippen LogP contribution in [0.15, 0.2) is 16.8 Å². The topological polar surface area (TPSA) is 32.3 Å². The van der Waals surface area contributed by atoms with Crippen molar-refractivity contribution >= 4 is 29.0 Å². The number of halogens is 3. The Morgan fingerprint density at radius 3 is 2.80 bits per heavy atom. The summed E-state index contributed by atoms with van der Waals surface area (Å²) in [6, 6.07) is 1.58. The molecule has 1 aromatic rings. The third-order valence-electron chi connectivity index (χ3n) is 3.12. The highest BCUT2D eigenvalue weighted by molar-refractivity contribution is 8.00. The van der Waals surface area contributed by atoms with Gasteiger partial charge in [0.2, 0.25) is 5.91 Å². The number of rotatable bonds is 5. The Labute approximate surface area is 123 Å². The zero-order valence-corrected chi connectivity index (χ0v) is 12.4. The summed E-state index contributed by atoms with van der Waals surface area (Å²) in [5.41, 5.74) is -3.32. The van der Waals surface area contributed by atoms with Gasteiger partial charge < -0.3 is 4.90 Å². The van der Waals surface area contributed by atoms with Crippen LogP contribution in [0.3, 0.4) is 0 Å². The van der Waals surface area contributed by atoms with Crippen LogP contribution in [-0.2, 0) is 4.79 Å². The van der Waals surface area contributed by atoms with E-state index >= 15 is 0 Å². The average Bonchev–Trinajstić information content (AvgIpc) is 2.97. The zero-order chi connectivity index (χ0) is 14.8. The predicted molar refractivity (Wildman–Crippen MR) is 74.5 cm³/mol. The molecule has 0 aromatic carbocycles. The van der Waals surface area contributed by atoms with Crippen molar-refractivity contribution in [2.24, 2.45) is 0 Å². The van der Waals surface area contributed by atoms with Crippen LogP contribution in [0.5, 0.6) is 0 Å². The van der Waals surface area contributed by atoms with Gasteiger partial charge in [-0.3, -0.25) is 10.1 Å². The number of amides is 1. The summed E-state index contributed by atoms with van der Waals surface area (Å²) in [5, 5.41) is 6.98. The lowest BCUT2D eigenvalue weighted by Crippen LogP contribution is -2.33. The van der Waals surface area contributed by atoms with E-state index in [2.05, 4.69) is 5.32 Å². The molecule has 0 bridgehead atoms. The normalized spacial score (nSPS) is 23.6. The van der Waals surface area contributed by atoms with Crippen LogP contribution in [-0.4, -0.2) is 34.7 Å².